The topological polar surface area (TPSA) is 24.5 Å². The Labute approximate surface area is 127 Å². The summed E-state index contributed by atoms with van der Waals surface area (Å²) in [5.41, 5.74) is 2.49. The molecule has 0 amide bonds. The molecule has 1 aromatic rings. The van der Waals surface area contributed by atoms with Gasteiger partial charge in [-0.15, -0.1) is 0 Å². The quantitative estimate of drug-likeness (QED) is 0.904. The molecular formula is C16H25ClN2O. The molecule has 0 bridgehead atoms. The van der Waals surface area contributed by atoms with Gasteiger partial charge in [0.1, 0.15) is 5.75 Å². The minimum absolute atomic E-state index is 0.0442. The number of fused-ring (bicyclic) bond motifs is 1. The van der Waals surface area contributed by atoms with Crippen LogP contribution in [0.3, 0.4) is 0 Å². The molecule has 0 saturated heterocycles. The largest absolute Gasteiger partial charge is 0.493 e. The molecule has 2 rings (SSSR count). The molecular weight excluding hydrogens is 272 g/mol. The van der Waals surface area contributed by atoms with Crippen molar-refractivity contribution < 1.29 is 4.74 Å². The van der Waals surface area contributed by atoms with Crippen LogP contribution in [0.25, 0.3) is 0 Å². The molecule has 3 nitrogen and oxygen atoms in total. The van der Waals surface area contributed by atoms with Crippen LogP contribution < -0.4 is 10.1 Å². The van der Waals surface area contributed by atoms with Crippen LogP contribution in [0.5, 0.6) is 5.75 Å². The van der Waals surface area contributed by atoms with Gasteiger partial charge in [0.25, 0.3) is 0 Å². The zero-order valence-corrected chi connectivity index (χ0v) is 13.8. The van der Waals surface area contributed by atoms with Crippen molar-refractivity contribution in [3.8, 4) is 5.75 Å². The van der Waals surface area contributed by atoms with E-state index in [4.69, 9.17) is 16.3 Å². The van der Waals surface area contributed by atoms with Crippen molar-refractivity contribution in [1.82, 2.24) is 10.2 Å². The van der Waals surface area contributed by atoms with Gasteiger partial charge in [-0.3, -0.25) is 0 Å². The minimum Gasteiger partial charge on any atom is -0.493 e. The Hall–Kier alpha value is -0.770. The van der Waals surface area contributed by atoms with Crippen molar-refractivity contribution in [1.29, 1.82) is 0 Å². The molecule has 0 aromatic heterocycles. The highest BCUT2D eigenvalue weighted by Gasteiger charge is 2.32. The molecule has 112 valence electrons. The Bertz CT molecular complexity index is 486. The Balaban J connectivity index is 2.29. The van der Waals surface area contributed by atoms with Crippen LogP contribution in [0, 0.1) is 0 Å². The SMILES string of the molecule is CNC(Cc1cc(Cl)cc2c1OCC2)C(C)(C)N(C)C. The number of ether oxygens (including phenoxy) is 1. The normalized spacial score (nSPS) is 16.1. The Morgan fingerprint density at radius 3 is 2.70 bits per heavy atom. The van der Waals surface area contributed by atoms with E-state index in [9.17, 15) is 0 Å². The van der Waals surface area contributed by atoms with E-state index >= 15 is 0 Å². The second-order valence-corrected chi connectivity index (χ2v) is 6.68. The highest BCUT2D eigenvalue weighted by atomic mass is 35.5. The lowest BCUT2D eigenvalue weighted by molar-refractivity contribution is 0.141. The van der Waals surface area contributed by atoms with Gasteiger partial charge in [-0.25, -0.2) is 0 Å². The smallest absolute Gasteiger partial charge is 0.125 e. The van der Waals surface area contributed by atoms with Crippen LogP contribution >= 0.6 is 11.6 Å². The maximum atomic E-state index is 6.25. The highest BCUT2D eigenvalue weighted by molar-refractivity contribution is 6.30. The number of halogens is 1. The molecule has 1 heterocycles. The molecule has 0 aliphatic carbocycles. The minimum atomic E-state index is 0.0442. The maximum absolute atomic E-state index is 6.25. The third-order valence-electron chi connectivity index (χ3n) is 4.60. The Morgan fingerprint density at radius 1 is 1.40 bits per heavy atom. The Kier molecular flexibility index (Phi) is 4.62. The maximum Gasteiger partial charge on any atom is 0.125 e. The molecule has 20 heavy (non-hydrogen) atoms. The van der Waals surface area contributed by atoms with Crippen molar-refractivity contribution in [2.45, 2.75) is 38.3 Å². The zero-order valence-electron chi connectivity index (χ0n) is 13.1. The predicted molar refractivity (Wildman–Crippen MR) is 85.0 cm³/mol. The lowest BCUT2D eigenvalue weighted by Crippen LogP contribution is -2.55. The zero-order chi connectivity index (χ0) is 14.9. The summed E-state index contributed by atoms with van der Waals surface area (Å²) in [6, 6.07) is 4.39. The number of benzene rings is 1. The molecule has 0 saturated carbocycles. The summed E-state index contributed by atoms with van der Waals surface area (Å²) in [4.78, 5) is 2.25. The third-order valence-corrected chi connectivity index (χ3v) is 4.82. The molecule has 0 spiro atoms. The second-order valence-electron chi connectivity index (χ2n) is 6.25. The fraction of sp³-hybridized carbons (Fsp3) is 0.625. The third kappa shape index (κ3) is 2.95. The van der Waals surface area contributed by atoms with Gasteiger partial charge in [-0.1, -0.05) is 11.6 Å². The van der Waals surface area contributed by atoms with Crippen molar-refractivity contribution in [3.63, 3.8) is 0 Å². The van der Waals surface area contributed by atoms with Crippen molar-refractivity contribution >= 4 is 11.6 Å². The van der Waals surface area contributed by atoms with Crippen molar-refractivity contribution in [2.75, 3.05) is 27.7 Å². The summed E-state index contributed by atoms with van der Waals surface area (Å²) in [7, 11) is 6.24. The number of likely N-dealkylation sites (N-methyl/N-ethyl adjacent to an activating group) is 2. The van der Waals surface area contributed by atoms with Crippen molar-refractivity contribution in [2.24, 2.45) is 0 Å². The number of nitrogens with zero attached hydrogens (tertiary/aromatic N) is 1. The van der Waals surface area contributed by atoms with Crippen molar-refractivity contribution in [3.05, 3.63) is 28.3 Å². The van der Waals surface area contributed by atoms with Crippen LogP contribution in [0.15, 0.2) is 12.1 Å². The van der Waals surface area contributed by atoms with E-state index < -0.39 is 0 Å². The van der Waals surface area contributed by atoms with E-state index in [-0.39, 0.29) is 5.54 Å². The number of nitrogens with one attached hydrogen (secondary N) is 1. The van der Waals surface area contributed by atoms with Gasteiger partial charge in [-0.2, -0.15) is 0 Å². The predicted octanol–water partition coefficient (Wildman–Crippen LogP) is 2.75. The number of rotatable bonds is 5. The van der Waals surface area contributed by atoms with Crippen LogP contribution in [0.1, 0.15) is 25.0 Å². The molecule has 0 fully saturated rings. The number of hydrogen-bond acceptors (Lipinski definition) is 3. The molecule has 0 radical (unpaired) electrons. The molecule has 1 aliphatic rings. The summed E-state index contributed by atoms with van der Waals surface area (Å²) < 4.78 is 5.80. The number of hydrogen-bond donors (Lipinski definition) is 1. The fourth-order valence-electron chi connectivity index (χ4n) is 2.73. The standard InChI is InChI=1S/C16H25ClN2O/c1-16(2,19(4)5)14(18-3)10-12-9-13(17)8-11-6-7-20-15(11)12/h8-9,14,18H,6-7,10H2,1-5H3. The average molecular weight is 297 g/mol. The molecule has 1 unspecified atom stereocenters. The molecule has 1 N–H and O–H groups in total. The first-order valence-electron chi connectivity index (χ1n) is 7.15. The molecule has 1 aromatic carbocycles. The highest BCUT2D eigenvalue weighted by Crippen LogP contribution is 2.34. The molecule has 4 heteroatoms. The second kappa shape index (κ2) is 5.92. The van der Waals surface area contributed by atoms with Gasteiger partial charge in [0.2, 0.25) is 0 Å². The summed E-state index contributed by atoms with van der Waals surface area (Å²) in [5.74, 6) is 1.05. The fourth-order valence-corrected chi connectivity index (χ4v) is 3.00. The lowest BCUT2D eigenvalue weighted by Gasteiger charge is -2.40. The van der Waals surface area contributed by atoms with Crippen LogP contribution in [0.2, 0.25) is 5.02 Å². The van der Waals surface area contributed by atoms with Crippen LogP contribution in [-0.2, 0) is 12.8 Å². The van der Waals surface area contributed by atoms with E-state index in [1.807, 2.05) is 19.2 Å². The average Bonchev–Trinajstić information content (AvgIpc) is 2.83. The summed E-state index contributed by atoms with van der Waals surface area (Å²) in [6.45, 7) is 5.27. The molecule has 1 aliphatic heterocycles. The van der Waals surface area contributed by atoms with Gasteiger partial charge in [0.15, 0.2) is 0 Å². The van der Waals surface area contributed by atoms with E-state index in [0.717, 1.165) is 30.2 Å². The van der Waals surface area contributed by atoms with Gasteiger partial charge < -0.3 is 15.0 Å². The first-order chi connectivity index (χ1) is 9.36. The van der Waals surface area contributed by atoms with Gasteiger partial charge >= 0.3 is 0 Å². The summed E-state index contributed by atoms with van der Waals surface area (Å²) in [6.07, 6.45) is 1.87. The first kappa shape index (κ1) is 15.6. The summed E-state index contributed by atoms with van der Waals surface area (Å²) in [5, 5.41) is 4.25. The lowest BCUT2D eigenvalue weighted by atomic mass is 9.87. The van der Waals surface area contributed by atoms with Crippen LogP contribution in [-0.4, -0.2) is 44.2 Å². The van der Waals surface area contributed by atoms with Gasteiger partial charge in [-0.05, 0) is 64.7 Å². The Morgan fingerprint density at radius 2 is 2.10 bits per heavy atom. The van der Waals surface area contributed by atoms with E-state index in [0.29, 0.717) is 6.04 Å². The summed E-state index contributed by atoms with van der Waals surface area (Å²) >= 11 is 6.25. The van der Waals surface area contributed by atoms with Gasteiger partial charge in [0.05, 0.1) is 6.61 Å². The van der Waals surface area contributed by atoms with Gasteiger partial charge in [0, 0.05) is 23.0 Å². The van der Waals surface area contributed by atoms with E-state index in [1.54, 1.807) is 0 Å². The van der Waals surface area contributed by atoms with Crippen LogP contribution in [0.4, 0.5) is 0 Å². The van der Waals surface area contributed by atoms with E-state index in [1.165, 1.54) is 11.1 Å². The van der Waals surface area contributed by atoms with E-state index in [2.05, 4.69) is 38.2 Å². The monoisotopic (exact) mass is 296 g/mol. The molecule has 1 atom stereocenters. The first-order valence-corrected chi connectivity index (χ1v) is 7.53.